The fourth-order valence-corrected chi connectivity index (χ4v) is 4.26. The monoisotopic (exact) mass is 516 g/mol. The third-order valence-electron chi connectivity index (χ3n) is 6.45. The lowest BCUT2D eigenvalue weighted by atomic mass is 9.82. The topological polar surface area (TPSA) is 126 Å². The Kier molecular flexibility index (Phi) is 7.77. The van der Waals surface area contributed by atoms with E-state index >= 15 is 0 Å². The Bertz CT molecular complexity index is 1350. The molecule has 2 aromatic carbocycles. The van der Waals surface area contributed by atoms with Crippen LogP contribution in [0.1, 0.15) is 17.5 Å². The maximum absolute atomic E-state index is 11.3. The second-order valence-electron chi connectivity index (χ2n) is 9.15. The van der Waals surface area contributed by atoms with Gasteiger partial charge in [-0.15, -0.1) is 0 Å². The van der Waals surface area contributed by atoms with Crippen molar-refractivity contribution in [3.63, 3.8) is 0 Å². The van der Waals surface area contributed by atoms with E-state index in [1.807, 2.05) is 30.3 Å². The average Bonchev–Trinajstić information content (AvgIpc) is 3.64. The van der Waals surface area contributed by atoms with Crippen molar-refractivity contribution in [2.24, 2.45) is 0 Å². The molecule has 9 heteroatoms. The Morgan fingerprint density at radius 1 is 1.05 bits per heavy atom. The molecular formula is C29H28N2O7. The third-order valence-corrected chi connectivity index (χ3v) is 6.45. The lowest BCUT2D eigenvalue weighted by Crippen LogP contribution is -2.65. The van der Waals surface area contributed by atoms with Crippen molar-refractivity contribution in [3.8, 4) is 35.1 Å². The highest BCUT2D eigenvalue weighted by Crippen LogP contribution is 2.30. The predicted molar refractivity (Wildman–Crippen MR) is 136 cm³/mol. The number of nitrogens with zero attached hydrogens (tertiary/aromatic N) is 2. The van der Waals surface area contributed by atoms with Crippen molar-refractivity contribution in [2.45, 2.75) is 42.5 Å². The number of benzene rings is 2. The largest absolute Gasteiger partial charge is 0.488 e. The second-order valence-corrected chi connectivity index (χ2v) is 9.15. The number of aromatic nitrogens is 2. The number of hydrogen-bond acceptors (Lipinski definition) is 8. The fraction of sp³-hybridized carbons (Fsp3) is 0.345. The van der Waals surface area contributed by atoms with Crippen LogP contribution in [0.4, 0.5) is 0 Å². The highest BCUT2D eigenvalue weighted by molar-refractivity contribution is 5.42. The van der Waals surface area contributed by atoms with Crippen LogP contribution in [-0.2, 0) is 9.47 Å². The molecule has 196 valence electrons. The number of aliphatic hydroxyl groups is 4. The molecule has 38 heavy (non-hydrogen) atoms. The van der Waals surface area contributed by atoms with Gasteiger partial charge in [-0.3, -0.25) is 0 Å². The summed E-state index contributed by atoms with van der Waals surface area (Å²) in [5.74, 6) is 11.9. The van der Waals surface area contributed by atoms with E-state index < -0.39 is 36.6 Å². The van der Waals surface area contributed by atoms with Gasteiger partial charge in [0, 0.05) is 18.2 Å². The quantitative estimate of drug-likeness (QED) is 0.373. The van der Waals surface area contributed by atoms with Gasteiger partial charge in [0.2, 0.25) is 0 Å². The Morgan fingerprint density at radius 3 is 2.55 bits per heavy atom. The van der Waals surface area contributed by atoms with Crippen LogP contribution >= 0.6 is 0 Å². The molecule has 0 unspecified atom stereocenters. The van der Waals surface area contributed by atoms with Gasteiger partial charge in [0.25, 0.3) is 0 Å². The number of ether oxygens (including phenoxy) is 3. The van der Waals surface area contributed by atoms with Crippen LogP contribution < -0.4 is 4.74 Å². The van der Waals surface area contributed by atoms with Gasteiger partial charge in [0.05, 0.1) is 37.3 Å². The molecule has 3 heterocycles. The lowest BCUT2D eigenvalue weighted by molar-refractivity contribution is -0.239. The van der Waals surface area contributed by atoms with Crippen LogP contribution in [0.2, 0.25) is 0 Å². The molecule has 0 saturated carbocycles. The summed E-state index contributed by atoms with van der Waals surface area (Å²) in [5, 5.41) is 46.3. The normalized spacial score (nSPS) is 28.6. The zero-order chi connectivity index (χ0) is 26.5. The molecular weight excluding hydrogens is 488 g/mol. The van der Waals surface area contributed by atoms with Crippen LogP contribution in [-0.4, -0.2) is 86.1 Å². The fourth-order valence-electron chi connectivity index (χ4n) is 4.26. The Balaban J connectivity index is 1.36. The van der Waals surface area contributed by atoms with Crippen molar-refractivity contribution >= 4 is 0 Å². The molecule has 0 aliphatic carbocycles. The molecule has 2 saturated heterocycles. The van der Waals surface area contributed by atoms with Gasteiger partial charge in [0.1, 0.15) is 30.2 Å². The standard InChI is InChI=1S/C29H28N2O7/c32-18-25-27(33)28(34)29(35,14-12-20-4-2-1-3-5-20)26(38-25)11-6-21-16-30-31(17-21)22-7-9-23(10-8-22)37-24-13-15-36-19-24/h1-5,7-10,16-17,24-28,32-35H,13,15,18-19H2/t24-,25+,26+,27+,28-,29+/m0/s1. The van der Waals surface area contributed by atoms with Gasteiger partial charge >= 0.3 is 0 Å². The van der Waals surface area contributed by atoms with Crippen LogP contribution in [0.3, 0.4) is 0 Å². The van der Waals surface area contributed by atoms with Gasteiger partial charge in [-0.2, -0.15) is 5.10 Å². The summed E-state index contributed by atoms with van der Waals surface area (Å²) in [4.78, 5) is 0. The van der Waals surface area contributed by atoms with E-state index in [1.165, 1.54) is 0 Å². The van der Waals surface area contributed by atoms with E-state index in [-0.39, 0.29) is 6.10 Å². The first-order valence-electron chi connectivity index (χ1n) is 12.3. The Labute approximate surface area is 220 Å². The smallest absolute Gasteiger partial charge is 0.191 e. The summed E-state index contributed by atoms with van der Waals surface area (Å²) in [5.41, 5.74) is -0.278. The van der Waals surface area contributed by atoms with E-state index in [4.69, 9.17) is 14.2 Å². The summed E-state index contributed by atoms with van der Waals surface area (Å²) in [7, 11) is 0. The average molecular weight is 517 g/mol. The van der Waals surface area contributed by atoms with Gasteiger partial charge in [0.15, 0.2) is 11.7 Å². The summed E-state index contributed by atoms with van der Waals surface area (Å²) >= 11 is 0. The Hall–Kier alpha value is -3.67. The van der Waals surface area contributed by atoms with Crippen LogP contribution in [0.25, 0.3) is 5.69 Å². The van der Waals surface area contributed by atoms with E-state index in [2.05, 4.69) is 28.8 Å². The summed E-state index contributed by atoms with van der Waals surface area (Å²) in [6.45, 7) is 0.739. The van der Waals surface area contributed by atoms with Gasteiger partial charge in [-0.25, -0.2) is 4.68 Å². The van der Waals surface area contributed by atoms with E-state index in [0.29, 0.717) is 24.3 Å². The van der Waals surface area contributed by atoms with Crippen molar-refractivity contribution in [1.29, 1.82) is 0 Å². The molecule has 3 aromatic rings. The minimum absolute atomic E-state index is 0.0653. The molecule has 0 spiro atoms. The summed E-state index contributed by atoms with van der Waals surface area (Å²) in [6.07, 6.45) is -1.52. The van der Waals surface area contributed by atoms with Gasteiger partial charge in [-0.05, 0) is 36.4 Å². The summed E-state index contributed by atoms with van der Waals surface area (Å²) < 4.78 is 18.5. The van der Waals surface area contributed by atoms with Crippen LogP contribution in [0.5, 0.6) is 5.75 Å². The molecule has 9 nitrogen and oxygen atoms in total. The van der Waals surface area contributed by atoms with Crippen molar-refractivity contribution in [1.82, 2.24) is 9.78 Å². The van der Waals surface area contributed by atoms with E-state index in [9.17, 15) is 20.4 Å². The van der Waals surface area contributed by atoms with Crippen molar-refractivity contribution in [3.05, 3.63) is 78.1 Å². The highest BCUT2D eigenvalue weighted by Gasteiger charge is 2.53. The van der Waals surface area contributed by atoms with E-state index in [1.54, 1.807) is 41.3 Å². The number of aliphatic hydroxyl groups excluding tert-OH is 3. The zero-order valence-corrected chi connectivity index (χ0v) is 20.5. The first kappa shape index (κ1) is 26.0. The Morgan fingerprint density at radius 2 is 1.84 bits per heavy atom. The number of rotatable bonds is 4. The molecule has 4 N–H and O–H groups in total. The number of hydrogen-bond donors (Lipinski definition) is 4. The highest BCUT2D eigenvalue weighted by atomic mass is 16.6. The van der Waals surface area contributed by atoms with Crippen molar-refractivity contribution in [2.75, 3.05) is 19.8 Å². The van der Waals surface area contributed by atoms with Crippen LogP contribution in [0, 0.1) is 23.7 Å². The SMILES string of the molecule is OC[C@H]1O[C@H](C#Cc2cnn(-c3ccc(O[C@H]4CCOC4)cc3)c2)[C@](O)(C#Cc2ccccc2)[C@@H](O)[C@@H]1O. The van der Waals surface area contributed by atoms with E-state index in [0.717, 1.165) is 17.9 Å². The van der Waals surface area contributed by atoms with Crippen LogP contribution in [0.15, 0.2) is 67.0 Å². The maximum atomic E-state index is 11.3. The first-order chi connectivity index (χ1) is 18.5. The summed E-state index contributed by atoms with van der Waals surface area (Å²) in [6, 6.07) is 16.4. The molecule has 0 amide bonds. The van der Waals surface area contributed by atoms with Gasteiger partial charge in [-0.1, -0.05) is 41.9 Å². The lowest BCUT2D eigenvalue weighted by Gasteiger charge is -2.43. The first-order valence-corrected chi connectivity index (χ1v) is 12.3. The molecule has 6 atom stereocenters. The molecule has 5 rings (SSSR count). The predicted octanol–water partition coefficient (Wildman–Crippen LogP) is 0.656. The third kappa shape index (κ3) is 5.59. The molecule has 2 aliphatic rings. The molecule has 0 bridgehead atoms. The molecule has 0 radical (unpaired) electrons. The minimum atomic E-state index is -2.20. The molecule has 2 aliphatic heterocycles. The minimum Gasteiger partial charge on any atom is -0.488 e. The maximum Gasteiger partial charge on any atom is 0.191 e. The molecule has 2 fully saturated rings. The zero-order valence-electron chi connectivity index (χ0n) is 20.5. The molecule has 1 aromatic heterocycles. The second kappa shape index (κ2) is 11.4. The van der Waals surface area contributed by atoms with Crippen molar-refractivity contribution < 1.29 is 34.6 Å². The van der Waals surface area contributed by atoms with Gasteiger partial charge < -0.3 is 34.6 Å².